The molecule has 2 aromatic rings. The first-order chi connectivity index (χ1) is 8.53. The summed E-state index contributed by atoms with van der Waals surface area (Å²) in [6.45, 7) is 2.12. The lowest BCUT2D eigenvalue weighted by Crippen LogP contribution is -2.22. The zero-order valence-corrected chi connectivity index (χ0v) is 11.4. The van der Waals surface area contributed by atoms with E-state index in [0.29, 0.717) is 15.6 Å². The van der Waals surface area contributed by atoms with E-state index in [1.165, 1.54) is 17.5 Å². The molecule has 0 aliphatic rings. The van der Waals surface area contributed by atoms with Crippen molar-refractivity contribution in [1.29, 1.82) is 0 Å². The van der Waals surface area contributed by atoms with Crippen LogP contribution in [0.1, 0.15) is 17.4 Å². The normalized spacial score (nSPS) is 11.8. The number of nitrogens with zero attached hydrogens (tertiary/aromatic N) is 1. The largest absolute Gasteiger partial charge is 0.384 e. The third kappa shape index (κ3) is 2.71. The lowest BCUT2D eigenvalue weighted by Gasteiger charge is -2.03. The van der Waals surface area contributed by atoms with Gasteiger partial charge in [-0.25, -0.2) is 13.1 Å². The molecule has 2 heterocycles. The Balaban J connectivity index is 2.10. The summed E-state index contributed by atoms with van der Waals surface area (Å²) in [4.78, 5) is 1.04. The van der Waals surface area contributed by atoms with Gasteiger partial charge >= 0.3 is 0 Å². The first kappa shape index (κ1) is 13.1. The standard InChI is InChI=1S/C10H14N4O2S2/c1-2-8-3-4-9(17-8)18(15,16)13-6-7-5-12-14-10(7)11/h3-5,13H,2,6H2,1H3,(H3,11,12,14). The molecular weight excluding hydrogens is 272 g/mol. The maximum atomic E-state index is 12.0. The molecule has 0 saturated heterocycles. The Hall–Kier alpha value is -1.38. The average Bonchev–Trinajstić information content (AvgIpc) is 2.95. The van der Waals surface area contributed by atoms with Gasteiger partial charge in [0.25, 0.3) is 0 Å². The number of hydrogen-bond acceptors (Lipinski definition) is 5. The van der Waals surface area contributed by atoms with Crippen LogP contribution in [0.15, 0.2) is 22.5 Å². The minimum Gasteiger partial charge on any atom is -0.384 e. The third-order valence-electron chi connectivity index (χ3n) is 2.45. The van der Waals surface area contributed by atoms with Gasteiger partial charge in [0.05, 0.1) is 6.20 Å². The predicted octanol–water partition coefficient (Wildman–Crippen LogP) is 1.09. The molecule has 98 valence electrons. The Bertz CT molecular complexity index is 630. The van der Waals surface area contributed by atoms with Crippen molar-refractivity contribution >= 4 is 27.2 Å². The number of sulfonamides is 1. The molecule has 0 aromatic carbocycles. The van der Waals surface area contributed by atoms with Crippen LogP contribution >= 0.6 is 11.3 Å². The van der Waals surface area contributed by atoms with Crippen LogP contribution in [-0.4, -0.2) is 18.6 Å². The number of aryl methyl sites for hydroxylation is 1. The van der Waals surface area contributed by atoms with Crippen LogP contribution in [0.2, 0.25) is 0 Å². The Morgan fingerprint density at radius 3 is 2.83 bits per heavy atom. The number of rotatable bonds is 5. The molecule has 0 aliphatic carbocycles. The minimum absolute atomic E-state index is 0.129. The summed E-state index contributed by atoms with van der Waals surface area (Å²) in [6.07, 6.45) is 2.33. The van der Waals surface area contributed by atoms with Crippen LogP contribution in [0.4, 0.5) is 5.82 Å². The van der Waals surface area contributed by atoms with Crippen molar-refractivity contribution in [1.82, 2.24) is 14.9 Å². The number of nitrogen functional groups attached to an aromatic ring is 1. The first-order valence-electron chi connectivity index (χ1n) is 5.39. The van der Waals surface area contributed by atoms with Crippen molar-refractivity contribution in [2.24, 2.45) is 0 Å². The fourth-order valence-corrected chi connectivity index (χ4v) is 3.75. The maximum Gasteiger partial charge on any atom is 0.250 e. The molecule has 8 heteroatoms. The van der Waals surface area contributed by atoms with Crippen molar-refractivity contribution in [3.05, 3.63) is 28.8 Å². The van der Waals surface area contributed by atoms with E-state index in [9.17, 15) is 8.42 Å². The Labute approximate surface area is 109 Å². The molecule has 0 bridgehead atoms. The average molecular weight is 286 g/mol. The summed E-state index contributed by atoms with van der Waals surface area (Å²) < 4.78 is 26.8. The molecule has 0 radical (unpaired) electrons. The van der Waals surface area contributed by atoms with Crippen LogP contribution in [0, 0.1) is 0 Å². The van der Waals surface area contributed by atoms with E-state index >= 15 is 0 Å². The van der Waals surface area contributed by atoms with Gasteiger partial charge in [0.2, 0.25) is 10.0 Å². The van der Waals surface area contributed by atoms with Crippen molar-refractivity contribution in [3.63, 3.8) is 0 Å². The zero-order valence-electron chi connectivity index (χ0n) is 9.80. The molecule has 2 rings (SSSR count). The molecule has 2 aromatic heterocycles. The summed E-state index contributed by atoms with van der Waals surface area (Å²) in [6, 6.07) is 3.44. The number of nitrogens with two attached hydrogens (primary N) is 1. The number of hydrogen-bond donors (Lipinski definition) is 3. The van der Waals surface area contributed by atoms with Crippen LogP contribution in [-0.2, 0) is 23.0 Å². The molecule has 0 aliphatic heterocycles. The highest BCUT2D eigenvalue weighted by molar-refractivity contribution is 7.91. The molecule has 0 fully saturated rings. The highest BCUT2D eigenvalue weighted by Crippen LogP contribution is 2.22. The minimum atomic E-state index is -3.47. The SMILES string of the molecule is CCc1ccc(S(=O)(=O)NCc2cn[nH]c2N)s1. The summed E-state index contributed by atoms with van der Waals surface area (Å²) in [5, 5.41) is 6.28. The predicted molar refractivity (Wildman–Crippen MR) is 70.7 cm³/mol. The van der Waals surface area contributed by atoms with E-state index in [0.717, 1.165) is 11.3 Å². The van der Waals surface area contributed by atoms with E-state index < -0.39 is 10.0 Å². The highest BCUT2D eigenvalue weighted by Gasteiger charge is 2.16. The zero-order chi connectivity index (χ0) is 13.2. The van der Waals surface area contributed by atoms with Gasteiger partial charge < -0.3 is 5.73 Å². The van der Waals surface area contributed by atoms with E-state index in [-0.39, 0.29) is 6.54 Å². The smallest absolute Gasteiger partial charge is 0.250 e. The van der Waals surface area contributed by atoms with Gasteiger partial charge in [-0.05, 0) is 18.6 Å². The lowest BCUT2D eigenvalue weighted by molar-refractivity contribution is 0.583. The summed E-state index contributed by atoms with van der Waals surface area (Å²) in [5.74, 6) is 0.373. The number of aromatic amines is 1. The second kappa shape index (κ2) is 5.09. The van der Waals surface area contributed by atoms with Gasteiger partial charge in [0, 0.05) is 17.0 Å². The molecule has 0 unspecified atom stereocenters. The summed E-state index contributed by atoms with van der Waals surface area (Å²) >= 11 is 1.28. The summed E-state index contributed by atoms with van der Waals surface area (Å²) in [5.41, 5.74) is 6.21. The molecule has 0 spiro atoms. The highest BCUT2D eigenvalue weighted by atomic mass is 32.2. The van der Waals surface area contributed by atoms with Gasteiger partial charge in [-0.1, -0.05) is 6.92 Å². The van der Waals surface area contributed by atoms with E-state index in [1.807, 2.05) is 13.0 Å². The van der Waals surface area contributed by atoms with Gasteiger partial charge in [0.15, 0.2) is 0 Å². The maximum absolute atomic E-state index is 12.0. The molecular formula is C10H14N4O2S2. The van der Waals surface area contributed by atoms with Crippen LogP contribution < -0.4 is 10.5 Å². The Morgan fingerprint density at radius 2 is 2.28 bits per heavy atom. The quantitative estimate of drug-likeness (QED) is 0.766. The van der Waals surface area contributed by atoms with Crippen molar-refractivity contribution in [2.45, 2.75) is 24.1 Å². The number of H-pyrrole nitrogens is 1. The van der Waals surface area contributed by atoms with Crippen molar-refractivity contribution in [2.75, 3.05) is 5.73 Å². The van der Waals surface area contributed by atoms with Crippen LogP contribution in [0.5, 0.6) is 0 Å². The molecule has 4 N–H and O–H groups in total. The monoisotopic (exact) mass is 286 g/mol. The number of aromatic nitrogens is 2. The lowest BCUT2D eigenvalue weighted by atomic mass is 10.3. The van der Waals surface area contributed by atoms with Crippen LogP contribution in [0.3, 0.4) is 0 Å². The second-order valence-electron chi connectivity index (χ2n) is 3.71. The Kier molecular flexibility index (Phi) is 3.69. The molecule has 18 heavy (non-hydrogen) atoms. The van der Waals surface area contributed by atoms with E-state index in [2.05, 4.69) is 14.9 Å². The summed E-state index contributed by atoms with van der Waals surface area (Å²) in [7, 11) is -3.47. The number of thiophene rings is 1. The number of nitrogens with one attached hydrogen (secondary N) is 2. The van der Waals surface area contributed by atoms with Crippen LogP contribution in [0.25, 0.3) is 0 Å². The fraction of sp³-hybridized carbons (Fsp3) is 0.300. The van der Waals surface area contributed by atoms with Gasteiger partial charge in [0.1, 0.15) is 10.0 Å². The van der Waals surface area contributed by atoms with Gasteiger partial charge in [-0.3, -0.25) is 5.10 Å². The van der Waals surface area contributed by atoms with Gasteiger partial charge in [-0.2, -0.15) is 5.10 Å². The number of anilines is 1. The van der Waals surface area contributed by atoms with E-state index in [4.69, 9.17) is 5.73 Å². The molecule has 0 saturated carbocycles. The first-order valence-corrected chi connectivity index (χ1v) is 7.69. The van der Waals surface area contributed by atoms with Crippen molar-refractivity contribution in [3.8, 4) is 0 Å². The topological polar surface area (TPSA) is 101 Å². The molecule has 0 amide bonds. The molecule has 0 atom stereocenters. The Morgan fingerprint density at radius 1 is 1.50 bits per heavy atom. The molecule has 6 nitrogen and oxygen atoms in total. The van der Waals surface area contributed by atoms with Crippen molar-refractivity contribution < 1.29 is 8.42 Å². The second-order valence-corrected chi connectivity index (χ2v) is 6.87. The third-order valence-corrected chi connectivity index (χ3v) is 5.58. The van der Waals surface area contributed by atoms with E-state index in [1.54, 1.807) is 6.07 Å². The fourth-order valence-electron chi connectivity index (χ4n) is 1.40. The van der Waals surface area contributed by atoms with Gasteiger partial charge in [-0.15, -0.1) is 11.3 Å².